The minimum absolute atomic E-state index is 0.329. The zero-order valence-electron chi connectivity index (χ0n) is 18.4. The van der Waals surface area contributed by atoms with Crippen molar-refractivity contribution in [3.63, 3.8) is 0 Å². The number of morpholine rings is 1. The smallest absolute Gasteiger partial charge is 0.338 e. The van der Waals surface area contributed by atoms with Gasteiger partial charge in [-0.3, -0.25) is 4.90 Å². The highest BCUT2D eigenvalue weighted by molar-refractivity contribution is 7.80. The van der Waals surface area contributed by atoms with Crippen LogP contribution in [0.1, 0.15) is 29.3 Å². The molecular formula is C24H30ClN3O3S. The number of ether oxygens (including phenoxy) is 2. The lowest BCUT2D eigenvalue weighted by molar-refractivity contribution is 0.0367. The largest absolute Gasteiger partial charge is 0.462 e. The van der Waals surface area contributed by atoms with E-state index in [2.05, 4.69) is 15.1 Å². The van der Waals surface area contributed by atoms with E-state index in [0.29, 0.717) is 23.8 Å². The van der Waals surface area contributed by atoms with Gasteiger partial charge in [-0.05, 0) is 61.5 Å². The van der Waals surface area contributed by atoms with Crippen molar-refractivity contribution in [2.24, 2.45) is 0 Å². The second-order valence-corrected chi connectivity index (χ2v) is 8.34. The molecule has 0 amide bonds. The van der Waals surface area contributed by atoms with Gasteiger partial charge in [-0.1, -0.05) is 29.8 Å². The number of carbonyl (C=O) groups excluding carboxylic acids is 1. The number of benzene rings is 2. The molecule has 8 heteroatoms. The van der Waals surface area contributed by atoms with Gasteiger partial charge in [0.05, 0.1) is 25.4 Å². The van der Waals surface area contributed by atoms with E-state index in [1.54, 1.807) is 19.1 Å². The maximum Gasteiger partial charge on any atom is 0.338 e. The fourth-order valence-corrected chi connectivity index (χ4v) is 3.97. The molecule has 0 aliphatic carbocycles. The summed E-state index contributed by atoms with van der Waals surface area (Å²) in [4.78, 5) is 16.4. The van der Waals surface area contributed by atoms with E-state index in [1.165, 1.54) is 0 Å². The molecule has 2 aromatic carbocycles. The number of esters is 1. The summed E-state index contributed by atoms with van der Waals surface area (Å²) in [7, 11) is 0. The predicted octanol–water partition coefficient (Wildman–Crippen LogP) is 4.44. The number of hydrogen-bond acceptors (Lipinski definition) is 5. The standard InChI is InChI=1S/C24H30ClN3O3S/c1-2-31-23(29)19-8-10-21(11-9-19)26-24(32)28(18-20-6-3-4-7-22(20)25)13-5-12-27-14-16-30-17-15-27/h3-4,6-11H,2,5,12-18H2,1H3,(H,26,32). The lowest BCUT2D eigenvalue weighted by Crippen LogP contribution is -2.40. The molecule has 1 heterocycles. The Morgan fingerprint density at radius 1 is 1.19 bits per heavy atom. The minimum atomic E-state index is -0.329. The number of nitrogens with zero attached hydrogens (tertiary/aromatic N) is 2. The van der Waals surface area contributed by atoms with Crippen LogP contribution >= 0.6 is 23.8 Å². The molecule has 172 valence electrons. The van der Waals surface area contributed by atoms with Crippen molar-refractivity contribution in [1.82, 2.24) is 9.80 Å². The Balaban J connectivity index is 1.63. The SMILES string of the molecule is CCOC(=O)c1ccc(NC(=S)N(CCCN2CCOCC2)Cc2ccccc2Cl)cc1. The van der Waals surface area contributed by atoms with E-state index in [4.69, 9.17) is 33.3 Å². The highest BCUT2D eigenvalue weighted by Gasteiger charge is 2.15. The average molecular weight is 476 g/mol. The normalized spacial score (nSPS) is 14.1. The van der Waals surface area contributed by atoms with Gasteiger partial charge in [-0.25, -0.2) is 4.79 Å². The van der Waals surface area contributed by atoms with Gasteiger partial charge in [0.1, 0.15) is 0 Å². The van der Waals surface area contributed by atoms with Crippen LogP contribution in [0.15, 0.2) is 48.5 Å². The highest BCUT2D eigenvalue weighted by Crippen LogP contribution is 2.19. The van der Waals surface area contributed by atoms with Gasteiger partial charge in [0.2, 0.25) is 0 Å². The average Bonchev–Trinajstić information content (AvgIpc) is 2.81. The molecule has 0 atom stereocenters. The molecule has 0 aromatic heterocycles. The summed E-state index contributed by atoms with van der Waals surface area (Å²) in [5.74, 6) is -0.329. The van der Waals surface area contributed by atoms with E-state index >= 15 is 0 Å². The van der Waals surface area contributed by atoms with Crippen LogP contribution in [0.5, 0.6) is 0 Å². The van der Waals surface area contributed by atoms with Crippen LogP contribution in [0.3, 0.4) is 0 Å². The fraction of sp³-hybridized carbons (Fsp3) is 0.417. The maximum atomic E-state index is 11.9. The molecule has 1 N–H and O–H groups in total. The summed E-state index contributed by atoms with van der Waals surface area (Å²) in [5.41, 5.74) is 2.37. The van der Waals surface area contributed by atoms with Gasteiger partial charge < -0.3 is 19.7 Å². The van der Waals surface area contributed by atoms with Crippen LogP contribution in [-0.2, 0) is 16.0 Å². The first-order valence-electron chi connectivity index (χ1n) is 10.9. The minimum Gasteiger partial charge on any atom is -0.462 e. The molecule has 1 aliphatic rings. The molecule has 3 rings (SSSR count). The summed E-state index contributed by atoms with van der Waals surface area (Å²) in [6.07, 6.45) is 0.980. The Morgan fingerprint density at radius 2 is 1.91 bits per heavy atom. The van der Waals surface area contributed by atoms with Crippen LogP contribution in [0, 0.1) is 0 Å². The Morgan fingerprint density at radius 3 is 2.59 bits per heavy atom. The van der Waals surface area contributed by atoms with Crippen molar-refractivity contribution in [2.75, 3.05) is 51.3 Å². The zero-order valence-corrected chi connectivity index (χ0v) is 20.0. The number of anilines is 1. The van der Waals surface area contributed by atoms with Gasteiger partial charge in [-0.2, -0.15) is 0 Å². The monoisotopic (exact) mass is 475 g/mol. The molecule has 1 fully saturated rings. The molecule has 0 unspecified atom stereocenters. The zero-order chi connectivity index (χ0) is 22.8. The van der Waals surface area contributed by atoms with Crippen molar-refractivity contribution >= 4 is 40.6 Å². The third kappa shape index (κ3) is 7.45. The van der Waals surface area contributed by atoms with Crippen LogP contribution in [-0.4, -0.2) is 66.9 Å². The van der Waals surface area contributed by atoms with Crippen LogP contribution in [0.4, 0.5) is 5.69 Å². The Kier molecular flexibility index (Phi) is 9.74. The van der Waals surface area contributed by atoms with E-state index in [1.807, 2.05) is 36.4 Å². The summed E-state index contributed by atoms with van der Waals surface area (Å²) in [5, 5.41) is 4.65. The lowest BCUT2D eigenvalue weighted by atomic mass is 10.2. The number of halogens is 1. The van der Waals surface area contributed by atoms with Crippen LogP contribution in [0.25, 0.3) is 0 Å². The number of rotatable bonds is 9. The third-order valence-corrected chi connectivity index (χ3v) is 5.99. The first kappa shape index (κ1) is 24.5. The Hall–Kier alpha value is -2.19. The second kappa shape index (κ2) is 12.7. The van der Waals surface area contributed by atoms with Gasteiger partial charge in [0.25, 0.3) is 0 Å². The molecular weight excluding hydrogens is 446 g/mol. The van der Waals surface area contributed by atoms with Crippen molar-refractivity contribution in [3.8, 4) is 0 Å². The van der Waals surface area contributed by atoms with E-state index in [9.17, 15) is 4.79 Å². The van der Waals surface area contributed by atoms with E-state index in [-0.39, 0.29) is 5.97 Å². The fourth-order valence-electron chi connectivity index (χ4n) is 3.50. The van der Waals surface area contributed by atoms with Crippen LogP contribution in [0.2, 0.25) is 5.02 Å². The Labute approximate surface area is 200 Å². The summed E-state index contributed by atoms with van der Waals surface area (Å²) in [6.45, 7) is 8.10. The molecule has 0 spiro atoms. The summed E-state index contributed by atoms with van der Waals surface area (Å²) in [6, 6.07) is 15.0. The number of carbonyl (C=O) groups is 1. The quantitative estimate of drug-likeness (QED) is 0.425. The maximum absolute atomic E-state index is 11.9. The van der Waals surface area contributed by atoms with Crippen molar-refractivity contribution < 1.29 is 14.3 Å². The molecule has 1 saturated heterocycles. The van der Waals surface area contributed by atoms with Crippen molar-refractivity contribution in [2.45, 2.75) is 19.9 Å². The van der Waals surface area contributed by atoms with Gasteiger partial charge in [0, 0.05) is 43.4 Å². The molecule has 0 saturated carbocycles. The number of hydrogen-bond donors (Lipinski definition) is 1. The molecule has 32 heavy (non-hydrogen) atoms. The Bertz CT molecular complexity index is 888. The highest BCUT2D eigenvalue weighted by atomic mass is 35.5. The molecule has 1 aliphatic heterocycles. The lowest BCUT2D eigenvalue weighted by Gasteiger charge is -2.30. The number of nitrogens with one attached hydrogen (secondary N) is 1. The topological polar surface area (TPSA) is 54.0 Å². The van der Waals surface area contributed by atoms with Gasteiger partial charge in [-0.15, -0.1) is 0 Å². The van der Waals surface area contributed by atoms with Crippen molar-refractivity contribution in [1.29, 1.82) is 0 Å². The third-order valence-electron chi connectivity index (χ3n) is 5.26. The second-order valence-electron chi connectivity index (χ2n) is 7.55. The van der Waals surface area contributed by atoms with Gasteiger partial charge >= 0.3 is 5.97 Å². The first-order chi connectivity index (χ1) is 15.6. The number of thiocarbonyl (C=S) groups is 1. The molecule has 2 aromatic rings. The molecule has 0 bridgehead atoms. The van der Waals surface area contributed by atoms with E-state index < -0.39 is 0 Å². The van der Waals surface area contributed by atoms with Gasteiger partial charge in [0.15, 0.2) is 5.11 Å². The molecule has 6 nitrogen and oxygen atoms in total. The summed E-state index contributed by atoms with van der Waals surface area (Å²) >= 11 is 12.1. The van der Waals surface area contributed by atoms with E-state index in [0.717, 1.165) is 62.1 Å². The predicted molar refractivity (Wildman–Crippen MR) is 132 cm³/mol. The molecule has 0 radical (unpaired) electrons. The van der Waals surface area contributed by atoms with Crippen molar-refractivity contribution in [3.05, 3.63) is 64.7 Å². The van der Waals surface area contributed by atoms with Crippen LogP contribution < -0.4 is 5.32 Å². The summed E-state index contributed by atoms with van der Waals surface area (Å²) < 4.78 is 10.5. The first-order valence-corrected chi connectivity index (χ1v) is 11.7.